The van der Waals surface area contributed by atoms with Crippen molar-refractivity contribution in [3.63, 3.8) is 0 Å². The van der Waals surface area contributed by atoms with E-state index in [9.17, 15) is 27.2 Å². The molecule has 0 aliphatic carbocycles. The van der Waals surface area contributed by atoms with Crippen LogP contribution < -0.4 is 9.47 Å². The van der Waals surface area contributed by atoms with Gasteiger partial charge in [-0.25, -0.2) is 4.39 Å². The van der Waals surface area contributed by atoms with Gasteiger partial charge < -0.3 is 14.2 Å². The number of rotatable bonds is 7. The maximum atomic E-state index is 14.5. The highest BCUT2D eigenvalue weighted by Gasteiger charge is 2.31. The van der Waals surface area contributed by atoms with Crippen LogP contribution in [-0.2, 0) is 16.0 Å². The fourth-order valence-electron chi connectivity index (χ4n) is 3.46. The highest BCUT2D eigenvalue weighted by atomic mass is 19.4. The Morgan fingerprint density at radius 1 is 1.09 bits per heavy atom. The van der Waals surface area contributed by atoms with Gasteiger partial charge in [0.1, 0.15) is 5.75 Å². The van der Waals surface area contributed by atoms with Crippen molar-refractivity contribution in [3.8, 4) is 11.5 Å². The van der Waals surface area contributed by atoms with Crippen molar-refractivity contribution < 1.29 is 41.4 Å². The van der Waals surface area contributed by atoms with Crippen LogP contribution in [0.5, 0.6) is 11.5 Å². The van der Waals surface area contributed by atoms with Crippen LogP contribution in [0.4, 0.5) is 17.6 Å². The van der Waals surface area contributed by atoms with Crippen LogP contribution in [0.2, 0.25) is 0 Å². The lowest BCUT2D eigenvalue weighted by Gasteiger charge is -2.11. The summed E-state index contributed by atoms with van der Waals surface area (Å²) in [6, 6.07) is 6.86. The van der Waals surface area contributed by atoms with Crippen molar-refractivity contribution in [2.45, 2.75) is 33.1 Å². The quantitative estimate of drug-likeness (QED) is 0.354. The smallest absolute Gasteiger partial charge is 0.494 e. The number of methoxy groups -OCH3 is 1. The lowest BCUT2D eigenvalue weighted by atomic mass is 10.1. The number of carbonyl (C=O) groups is 2. The van der Waals surface area contributed by atoms with Crippen LogP contribution in [-0.4, -0.2) is 36.5 Å². The minimum Gasteiger partial charge on any atom is -0.494 e. The van der Waals surface area contributed by atoms with Crippen LogP contribution in [0, 0.1) is 12.7 Å². The molecule has 0 amide bonds. The Morgan fingerprint density at radius 2 is 1.76 bits per heavy atom. The molecule has 33 heavy (non-hydrogen) atoms. The third-order valence-electron chi connectivity index (χ3n) is 4.93. The summed E-state index contributed by atoms with van der Waals surface area (Å²) >= 11 is 0. The Labute approximate surface area is 186 Å². The second kappa shape index (κ2) is 9.51. The Morgan fingerprint density at radius 3 is 2.33 bits per heavy atom. The van der Waals surface area contributed by atoms with Crippen LogP contribution in [0.15, 0.2) is 36.4 Å². The molecule has 0 fully saturated rings. The normalized spacial score (nSPS) is 11.5. The van der Waals surface area contributed by atoms with Crippen molar-refractivity contribution in [2.24, 2.45) is 0 Å². The number of hydrogen-bond acceptors (Lipinski definition) is 5. The average molecular weight is 467 g/mol. The molecular formula is C23H21F4NO5. The van der Waals surface area contributed by atoms with E-state index in [1.807, 2.05) is 6.92 Å². The number of carbonyl (C=O) groups excluding carboxylic acids is 2. The minimum atomic E-state index is -4.86. The summed E-state index contributed by atoms with van der Waals surface area (Å²) in [7, 11) is 1.29. The molecule has 2 aromatic carbocycles. The van der Waals surface area contributed by atoms with Gasteiger partial charge in [-0.15, -0.1) is 13.2 Å². The molecule has 0 saturated heterocycles. The summed E-state index contributed by atoms with van der Waals surface area (Å²) in [6.45, 7) is 3.67. The maximum absolute atomic E-state index is 14.5. The first-order chi connectivity index (χ1) is 15.6. The van der Waals surface area contributed by atoms with Gasteiger partial charge >= 0.3 is 12.3 Å². The predicted octanol–water partition coefficient (Wildman–Crippen LogP) is 5.18. The molecule has 0 atom stereocenters. The van der Waals surface area contributed by atoms with Crippen LogP contribution in [0.25, 0.3) is 10.9 Å². The monoisotopic (exact) mass is 467 g/mol. The summed E-state index contributed by atoms with van der Waals surface area (Å²) < 4.78 is 66.9. The summed E-state index contributed by atoms with van der Waals surface area (Å²) in [6.07, 6.45) is -4.38. The standard InChI is InChI=1S/C23H21F4NO5/c1-4-9-32-21(29)11-16-13(2)28(19-12-18(24)20(31-3)10-17(16)19)22(30)14-5-7-15(8-6-14)33-23(25,26)27/h5-8,10,12H,4,9,11H2,1-3H3. The van der Waals surface area contributed by atoms with Crippen molar-refractivity contribution in [1.29, 1.82) is 0 Å². The fraction of sp³-hybridized carbons (Fsp3) is 0.304. The number of fused-ring (bicyclic) bond motifs is 1. The van der Waals surface area contributed by atoms with Crippen molar-refractivity contribution in [1.82, 2.24) is 4.57 Å². The highest BCUT2D eigenvalue weighted by molar-refractivity contribution is 6.05. The number of ether oxygens (including phenoxy) is 3. The summed E-state index contributed by atoms with van der Waals surface area (Å²) in [5.41, 5.74) is 1.05. The average Bonchev–Trinajstić information content (AvgIpc) is 3.00. The first kappa shape index (κ1) is 24.1. The predicted molar refractivity (Wildman–Crippen MR) is 111 cm³/mol. The number of esters is 1. The number of alkyl halides is 3. The lowest BCUT2D eigenvalue weighted by molar-refractivity contribution is -0.274. The third-order valence-corrected chi connectivity index (χ3v) is 4.93. The van der Waals surface area contributed by atoms with E-state index in [1.54, 1.807) is 6.92 Å². The van der Waals surface area contributed by atoms with E-state index < -0.39 is 29.8 Å². The molecule has 1 aromatic heterocycles. The van der Waals surface area contributed by atoms with Gasteiger partial charge in [-0.1, -0.05) is 6.92 Å². The van der Waals surface area contributed by atoms with Crippen LogP contribution in [0.3, 0.4) is 0 Å². The summed E-state index contributed by atoms with van der Waals surface area (Å²) in [5.74, 6) is -2.39. The van der Waals surface area contributed by atoms with E-state index in [0.717, 1.165) is 18.2 Å². The molecule has 6 nitrogen and oxygen atoms in total. The van der Waals surface area contributed by atoms with Crippen LogP contribution in [0.1, 0.15) is 35.0 Å². The van der Waals surface area contributed by atoms with Gasteiger partial charge in [0.25, 0.3) is 5.91 Å². The third kappa shape index (κ3) is 5.27. The van der Waals surface area contributed by atoms with E-state index in [0.29, 0.717) is 23.1 Å². The molecule has 0 spiro atoms. The molecule has 0 aliphatic rings. The molecule has 0 saturated carbocycles. The zero-order chi connectivity index (χ0) is 24.3. The van der Waals surface area contributed by atoms with Gasteiger partial charge in [0.2, 0.25) is 0 Å². The Hall–Kier alpha value is -3.56. The molecule has 3 rings (SSSR count). The second-order valence-electron chi connectivity index (χ2n) is 7.18. The van der Waals surface area contributed by atoms with Gasteiger partial charge in [-0.2, -0.15) is 0 Å². The lowest BCUT2D eigenvalue weighted by Crippen LogP contribution is -2.17. The van der Waals surface area contributed by atoms with Gasteiger partial charge in [0.15, 0.2) is 11.6 Å². The van der Waals surface area contributed by atoms with Gasteiger partial charge in [-0.05, 0) is 49.2 Å². The summed E-state index contributed by atoms with van der Waals surface area (Å²) in [4.78, 5) is 25.5. The van der Waals surface area contributed by atoms with Crippen molar-refractivity contribution in [2.75, 3.05) is 13.7 Å². The van der Waals surface area contributed by atoms with E-state index in [2.05, 4.69) is 4.74 Å². The zero-order valence-corrected chi connectivity index (χ0v) is 18.1. The second-order valence-corrected chi connectivity index (χ2v) is 7.18. The molecule has 1 heterocycles. The fourth-order valence-corrected chi connectivity index (χ4v) is 3.46. The molecule has 10 heteroatoms. The Bertz CT molecular complexity index is 1180. The van der Waals surface area contributed by atoms with Gasteiger partial charge in [0.05, 0.1) is 25.7 Å². The topological polar surface area (TPSA) is 66.8 Å². The number of hydrogen-bond donors (Lipinski definition) is 0. The molecule has 3 aromatic rings. The first-order valence-corrected chi connectivity index (χ1v) is 9.99. The minimum absolute atomic E-state index is 0.0425. The van der Waals surface area contributed by atoms with Gasteiger partial charge in [0, 0.05) is 22.7 Å². The molecule has 0 bridgehead atoms. The number of halogens is 4. The molecular weight excluding hydrogens is 446 g/mol. The van der Waals surface area contributed by atoms with E-state index in [-0.39, 0.29) is 29.9 Å². The number of aromatic nitrogens is 1. The highest BCUT2D eigenvalue weighted by Crippen LogP contribution is 2.33. The number of nitrogens with zero attached hydrogens (tertiary/aromatic N) is 1. The number of benzene rings is 2. The first-order valence-electron chi connectivity index (χ1n) is 9.99. The molecule has 0 radical (unpaired) electrons. The van der Waals surface area contributed by atoms with Crippen molar-refractivity contribution >= 4 is 22.8 Å². The summed E-state index contributed by atoms with van der Waals surface area (Å²) in [5, 5.41) is 0.421. The van der Waals surface area contributed by atoms with E-state index >= 15 is 0 Å². The molecule has 0 N–H and O–H groups in total. The van der Waals surface area contributed by atoms with Crippen molar-refractivity contribution in [3.05, 3.63) is 59.0 Å². The molecule has 176 valence electrons. The molecule has 0 unspecified atom stereocenters. The largest absolute Gasteiger partial charge is 0.573 e. The van der Waals surface area contributed by atoms with E-state index in [4.69, 9.17) is 9.47 Å². The Balaban J connectivity index is 2.08. The SMILES string of the molecule is CCCOC(=O)Cc1c(C)n(C(=O)c2ccc(OC(F)(F)F)cc2)c2cc(F)c(OC)cc12. The Kier molecular flexibility index (Phi) is 6.95. The van der Waals surface area contributed by atoms with Gasteiger partial charge in [-0.3, -0.25) is 14.2 Å². The maximum Gasteiger partial charge on any atom is 0.573 e. The van der Waals surface area contributed by atoms with E-state index in [1.165, 1.54) is 29.9 Å². The zero-order valence-electron chi connectivity index (χ0n) is 18.1. The molecule has 0 aliphatic heterocycles. The van der Waals surface area contributed by atoms with Crippen LogP contribution >= 0.6 is 0 Å².